The van der Waals surface area contributed by atoms with Crippen molar-refractivity contribution in [2.45, 2.75) is 24.6 Å². The zero-order valence-corrected chi connectivity index (χ0v) is 13.9. The van der Waals surface area contributed by atoms with Crippen molar-refractivity contribution in [2.75, 3.05) is 0 Å². The van der Waals surface area contributed by atoms with E-state index in [-0.39, 0.29) is 0 Å². The van der Waals surface area contributed by atoms with E-state index >= 15 is 0 Å². The SMILES string of the molecule is Cc1ccc(N=C2C=CC(C)(C(Cl)(Cl)Cl)C=C2)cc1C. The molecule has 0 atom stereocenters. The van der Waals surface area contributed by atoms with Crippen molar-refractivity contribution >= 4 is 46.2 Å². The molecular weight excluding hydrogens is 313 g/mol. The molecule has 0 spiro atoms. The molecule has 1 aromatic carbocycles. The number of benzene rings is 1. The second-order valence-corrected chi connectivity index (χ2v) is 7.53. The molecule has 1 aliphatic rings. The van der Waals surface area contributed by atoms with Crippen LogP contribution in [0.4, 0.5) is 5.69 Å². The molecule has 2 rings (SSSR count). The Labute approximate surface area is 135 Å². The van der Waals surface area contributed by atoms with Crippen molar-refractivity contribution in [3.05, 3.63) is 53.6 Å². The Balaban J connectivity index is 2.26. The Hall–Kier alpha value is -0.760. The van der Waals surface area contributed by atoms with Crippen LogP contribution >= 0.6 is 34.8 Å². The van der Waals surface area contributed by atoms with E-state index in [1.54, 1.807) is 0 Å². The van der Waals surface area contributed by atoms with Gasteiger partial charge in [0, 0.05) is 0 Å². The van der Waals surface area contributed by atoms with Gasteiger partial charge in [-0.05, 0) is 56.2 Å². The minimum Gasteiger partial charge on any atom is -0.249 e. The molecule has 0 fully saturated rings. The molecule has 1 aliphatic carbocycles. The second kappa shape index (κ2) is 5.55. The maximum Gasteiger partial charge on any atom is 0.202 e. The summed E-state index contributed by atoms with van der Waals surface area (Å²) in [6.07, 6.45) is 7.52. The molecule has 0 bridgehead atoms. The largest absolute Gasteiger partial charge is 0.249 e. The maximum absolute atomic E-state index is 5.99. The van der Waals surface area contributed by atoms with Gasteiger partial charge in [0.15, 0.2) is 0 Å². The lowest BCUT2D eigenvalue weighted by Gasteiger charge is -2.31. The van der Waals surface area contributed by atoms with Crippen LogP contribution in [0.15, 0.2) is 47.5 Å². The first-order valence-corrected chi connectivity index (χ1v) is 7.46. The van der Waals surface area contributed by atoms with Crippen LogP contribution in [-0.2, 0) is 0 Å². The highest BCUT2D eigenvalue weighted by Gasteiger charge is 2.41. The van der Waals surface area contributed by atoms with E-state index in [0.29, 0.717) is 0 Å². The fourth-order valence-electron chi connectivity index (χ4n) is 1.84. The molecule has 20 heavy (non-hydrogen) atoms. The summed E-state index contributed by atoms with van der Waals surface area (Å²) in [4.78, 5) is 4.58. The number of aryl methyl sites for hydroxylation is 2. The zero-order valence-electron chi connectivity index (χ0n) is 11.6. The van der Waals surface area contributed by atoms with Gasteiger partial charge in [0.25, 0.3) is 0 Å². The Kier molecular flexibility index (Phi) is 4.34. The number of hydrogen-bond donors (Lipinski definition) is 0. The summed E-state index contributed by atoms with van der Waals surface area (Å²) in [6.45, 7) is 6.03. The number of rotatable bonds is 1. The van der Waals surface area contributed by atoms with Crippen LogP contribution in [0.25, 0.3) is 0 Å². The van der Waals surface area contributed by atoms with Gasteiger partial charge < -0.3 is 0 Å². The van der Waals surface area contributed by atoms with Crippen LogP contribution in [0, 0.1) is 19.3 Å². The third kappa shape index (κ3) is 3.28. The van der Waals surface area contributed by atoms with Gasteiger partial charge in [-0.15, -0.1) is 0 Å². The molecule has 0 aliphatic heterocycles. The molecule has 0 amide bonds. The van der Waals surface area contributed by atoms with Crippen molar-refractivity contribution in [2.24, 2.45) is 10.4 Å². The van der Waals surface area contributed by atoms with Crippen LogP contribution in [0.2, 0.25) is 0 Å². The van der Waals surface area contributed by atoms with Gasteiger partial charge in [-0.25, -0.2) is 4.99 Å². The molecule has 0 saturated carbocycles. The first kappa shape index (κ1) is 15.6. The standard InChI is InChI=1S/C16H16Cl3N/c1-11-4-5-14(10-12(11)2)20-13-6-8-15(3,9-7-13)16(17,18)19/h4-10H,1-3H3. The molecule has 0 radical (unpaired) electrons. The first-order valence-electron chi connectivity index (χ1n) is 6.32. The summed E-state index contributed by atoms with van der Waals surface area (Å²) in [6, 6.07) is 6.13. The topological polar surface area (TPSA) is 12.4 Å². The summed E-state index contributed by atoms with van der Waals surface area (Å²) < 4.78 is -1.37. The summed E-state index contributed by atoms with van der Waals surface area (Å²) in [5.74, 6) is 0. The van der Waals surface area contributed by atoms with Gasteiger partial charge in [0.05, 0.1) is 16.8 Å². The third-order valence-electron chi connectivity index (χ3n) is 3.56. The van der Waals surface area contributed by atoms with Gasteiger partial charge in [-0.1, -0.05) is 53.0 Å². The monoisotopic (exact) mass is 327 g/mol. The Bertz CT molecular complexity index is 591. The summed E-state index contributed by atoms with van der Waals surface area (Å²) in [5.41, 5.74) is 3.64. The zero-order chi connectivity index (χ0) is 15.0. The van der Waals surface area contributed by atoms with Crippen LogP contribution in [0.1, 0.15) is 18.1 Å². The lowest BCUT2D eigenvalue weighted by Crippen LogP contribution is -2.29. The van der Waals surface area contributed by atoms with Crippen LogP contribution in [-0.4, -0.2) is 9.50 Å². The molecule has 0 saturated heterocycles. The minimum atomic E-state index is -1.37. The summed E-state index contributed by atoms with van der Waals surface area (Å²) in [5, 5.41) is 0. The van der Waals surface area contributed by atoms with E-state index in [1.165, 1.54) is 11.1 Å². The van der Waals surface area contributed by atoms with E-state index in [1.807, 2.05) is 37.3 Å². The molecule has 1 nitrogen and oxygen atoms in total. The molecule has 0 N–H and O–H groups in total. The van der Waals surface area contributed by atoms with E-state index in [0.717, 1.165) is 11.4 Å². The molecule has 0 aromatic heterocycles. The smallest absolute Gasteiger partial charge is 0.202 e. The van der Waals surface area contributed by atoms with Crippen molar-refractivity contribution in [3.8, 4) is 0 Å². The molecule has 4 heteroatoms. The highest BCUT2D eigenvalue weighted by molar-refractivity contribution is 6.68. The average molecular weight is 329 g/mol. The van der Waals surface area contributed by atoms with Gasteiger partial charge in [0.2, 0.25) is 3.79 Å². The quantitative estimate of drug-likeness (QED) is 0.571. The average Bonchev–Trinajstić information content (AvgIpc) is 2.35. The van der Waals surface area contributed by atoms with Gasteiger partial charge in [0.1, 0.15) is 0 Å². The summed E-state index contributed by atoms with van der Waals surface area (Å²) >= 11 is 18.0. The Morgan fingerprint density at radius 3 is 2.10 bits per heavy atom. The van der Waals surface area contributed by atoms with Crippen molar-refractivity contribution in [1.82, 2.24) is 0 Å². The van der Waals surface area contributed by atoms with E-state index in [9.17, 15) is 0 Å². The maximum atomic E-state index is 5.99. The van der Waals surface area contributed by atoms with Gasteiger partial charge in [-0.2, -0.15) is 0 Å². The Morgan fingerprint density at radius 2 is 1.60 bits per heavy atom. The van der Waals surface area contributed by atoms with Crippen LogP contribution < -0.4 is 0 Å². The summed E-state index contributed by atoms with van der Waals surface area (Å²) in [7, 11) is 0. The van der Waals surface area contributed by atoms with Crippen molar-refractivity contribution in [1.29, 1.82) is 0 Å². The highest BCUT2D eigenvalue weighted by atomic mass is 35.6. The number of alkyl halides is 3. The van der Waals surface area contributed by atoms with E-state index in [4.69, 9.17) is 34.8 Å². The lowest BCUT2D eigenvalue weighted by atomic mass is 9.87. The Morgan fingerprint density at radius 1 is 1.00 bits per heavy atom. The minimum absolute atomic E-state index is 0.611. The second-order valence-electron chi connectivity index (χ2n) is 5.25. The van der Waals surface area contributed by atoms with E-state index in [2.05, 4.69) is 31.0 Å². The molecule has 0 unspecified atom stereocenters. The molecule has 106 valence electrons. The lowest BCUT2D eigenvalue weighted by molar-refractivity contribution is 0.565. The number of hydrogen-bond acceptors (Lipinski definition) is 1. The normalized spacial score (nSPS) is 22.2. The first-order chi connectivity index (χ1) is 9.21. The number of allylic oxidation sites excluding steroid dienone is 4. The molecular formula is C16H16Cl3N. The predicted octanol–water partition coefficient (Wildman–Crippen LogP) is 5.88. The van der Waals surface area contributed by atoms with Gasteiger partial charge in [-0.3, -0.25) is 0 Å². The van der Waals surface area contributed by atoms with E-state index < -0.39 is 9.21 Å². The van der Waals surface area contributed by atoms with Crippen LogP contribution in [0.5, 0.6) is 0 Å². The fraction of sp³-hybridized carbons (Fsp3) is 0.312. The number of halogens is 3. The number of aliphatic imine (C=N–C) groups is 1. The van der Waals surface area contributed by atoms with Gasteiger partial charge >= 0.3 is 0 Å². The third-order valence-corrected chi connectivity index (χ3v) is 4.78. The molecule has 0 heterocycles. The predicted molar refractivity (Wildman–Crippen MR) is 89.7 cm³/mol. The highest BCUT2D eigenvalue weighted by Crippen LogP contribution is 2.47. The van der Waals surface area contributed by atoms with Crippen LogP contribution in [0.3, 0.4) is 0 Å². The fourth-order valence-corrected chi connectivity index (χ4v) is 2.21. The molecule has 1 aromatic rings. The van der Waals surface area contributed by atoms with Crippen molar-refractivity contribution < 1.29 is 0 Å². The van der Waals surface area contributed by atoms with Crippen molar-refractivity contribution in [3.63, 3.8) is 0 Å². The number of nitrogens with zero attached hydrogens (tertiary/aromatic N) is 1.